The standard InChI is InChI=1S/C21H22N6O2/c28-20(25-17-3-1-2-4-19(17)27-11-13-29-14-12-27)18-7-10-23-21(26-18)24-15-16-5-8-22-9-6-16/h1-10H,11-15H2,(H,25,28)(H,23,24,26). The van der Waals surface area contributed by atoms with E-state index in [2.05, 4.69) is 30.5 Å². The van der Waals surface area contributed by atoms with Crippen molar-refractivity contribution in [3.05, 3.63) is 72.3 Å². The molecule has 0 aliphatic carbocycles. The number of rotatable bonds is 6. The summed E-state index contributed by atoms with van der Waals surface area (Å²) in [5, 5.41) is 6.11. The lowest BCUT2D eigenvalue weighted by molar-refractivity contribution is 0.102. The number of anilines is 3. The molecule has 0 radical (unpaired) electrons. The molecule has 1 amide bonds. The molecule has 0 saturated carbocycles. The zero-order valence-corrected chi connectivity index (χ0v) is 15.9. The van der Waals surface area contributed by atoms with E-state index in [1.807, 2.05) is 36.4 Å². The number of hydrogen-bond donors (Lipinski definition) is 2. The van der Waals surface area contributed by atoms with E-state index in [1.54, 1.807) is 24.7 Å². The highest BCUT2D eigenvalue weighted by Crippen LogP contribution is 2.26. The van der Waals surface area contributed by atoms with Crippen molar-refractivity contribution in [1.82, 2.24) is 15.0 Å². The van der Waals surface area contributed by atoms with Crippen LogP contribution in [-0.2, 0) is 11.3 Å². The van der Waals surface area contributed by atoms with Gasteiger partial charge in [-0.15, -0.1) is 0 Å². The number of amides is 1. The Balaban J connectivity index is 1.45. The summed E-state index contributed by atoms with van der Waals surface area (Å²) in [7, 11) is 0. The Morgan fingerprint density at radius 1 is 1.03 bits per heavy atom. The third kappa shape index (κ3) is 4.85. The average Bonchev–Trinajstić information content (AvgIpc) is 2.79. The van der Waals surface area contributed by atoms with Crippen molar-refractivity contribution in [3.8, 4) is 0 Å². The number of pyridine rings is 1. The maximum Gasteiger partial charge on any atom is 0.274 e. The van der Waals surface area contributed by atoms with E-state index in [9.17, 15) is 4.79 Å². The number of benzene rings is 1. The molecule has 3 aromatic rings. The number of para-hydroxylation sites is 2. The van der Waals surface area contributed by atoms with Gasteiger partial charge in [0.05, 0.1) is 24.6 Å². The molecule has 1 aliphatic rings. The molecule has 2 N–H and O–H groups in total. The van der Waals surface area contributed by atoms with Crippen molar-refractivity contribution < 1.29 is 9.53 Å². The smallest absolute Gasteiger partial charge is 0.274 e. The van der Waals surface area contributed by atoms with Crippen LogP contribution in [0, 0.1) is 0 Å². The van der Waals surface area contributed by atoms with Gasteiger partial charge >= 0.3 is 0 Å². The van der Waals surface area contributed by atoms with E-state index in [-0.39, 0.29) is 5.91 Å². The van der Waals surface area contributed by atoms with Crippen LogP contribution in [0.5, 0.6) is 0 Å². The van der Waals surface area contributed by atoms with E-state index in [0.717, 1.165) is 30.0 Å². The maximum absolute atomic E-state index is 12.8. The highest BCUT2D eigenvalue weighted by Gasteiger charge is 2.17. The first-order valence-corrected chi connectivity index (χ1v) is 9.48. The molecule has 1 fully saturated rings. The third-order valence-corrected chi connectivity index (χ3v) is 4.59. The van der Waals surface area contributed by atoms with E-state index < -0.39 is 0 Å². The molecule has 0 bridgehead atoms. The fraction of sp³-hybridized carbons (Fsp3) is 0.238. The van der Waals surface area contributed by atoms with Crippen molar-refractivity contribution in [2.75, 3.05) is 41.8 Å². The van der Waals surface area contributed by atoms with Crippen LogP contribution in [-0.4, -0.2) is 47.2 Å². The molecule has 0 spiro atoms. The molecule has 2 aromatic heterocycles. The summed E-state index contributed by atoms with van der Waals surface area (Å²) in [6.07, 6.45) is 5.03. The van der Waals surface area contributed by atoms with Gasteiger partial charge < -0.3 is 20.3 Å². The first kappa shape index (κ1) is 18.8. The van der Waals surface area contributed by atoms with E-state index in [1.165, 1.54) is 0 Å². The van der Waals surface area contributed by atoms with Gasteiger partial charge in [-0.2, -0.15) is 0 Å². The summed E-state index contributed by atoms with van der Waals surface area (Å²) in [6.45, 7) is 3.50. The predicted octanol–water partition coefficient (Wildman–Crippen LogP) is 2.57. The van der Waals surface area contributed by atoms with Crippen molar-refractivity contribution in [2.45, 2.75) is 6.54 Å². The zero-order chi connectivity index (χ0) is 19.9. The molecule has 4 rings (SSSR count). The number of carbonyl (C=O) groups excluding carboxylic acids is 1. The van der Waals surface area contributed by atoms with Gasteiger partial charge in [-0.1, -0.05) is 12.1 Å². The summed E-state index contributed by atoms with van der Waals surface area (Å²) in [5.41, 5.74) is 3.09. The summed E-state index contributed by atoms with van der Waals surface area (Å²) in [5.74, 6) is 0.121. The second-order valence-corrected chi connectivity index (χ2v) is 6.55. The molecule has 148 valence electrons. The summed E-state index contributed by atoms with van der Waals surface area (Å²) in [4.78, 5) is 27.5. The minimum atomic E-state index is -0.278. The normalized spacial score (nSPS) is 13.7. The SMILES string of the molecule is O=C(Nc1ccccc1N1CCOCC1)c1ccnc(NCc2ccncc2)n1. The first-order chi connectivity index (χ1) is 14.3. The molecule has 8 heteroatoms. The van der Waals surface area contributed by atoms with Crippen LogP contribution in [0.2, 0.25) is 0 Å². The van der Waals surface area contributed by atoms with Crippen LogP contribution in [0.15, 0.2) is 61.1 Å². The predicted molar refractivity (Wildman–Crippen MR) is 111 cm³/mol. The van der Waals surface area contributed by atoms with Gasteiger partial charge in [-0.25, -0.2) is 9.97 Å². The Morgan fingerprint density at radius 2 is 1.83 bits per heavy atom. The second-order valence-electron chi connectivity index (χ2n) is 6.55. The number of morpholine rings is 1. The maximum atomic E-state index is 12.8. The molecular weight excluding hydrogens is 368 g/mol. The van der Waals surface area contributed by atoms with Crippen LogP contribution < -0.4 is 15.5 Å². The Kier molecular flexibility index (Phi) is 5.92. The van der Waals surface area contributed by atoms with Gasteiger partial charge in [0.15, 0.2) is 0 Å². The molecule has 0 unspecified atom stereocenters. The van der Waals surface area contributed by atoms with E-state index in [0.29, 0.717) is 31.4 Å². The number of ether oxygens (including phenoxy) is 1. The van der Waals surface area contributed by atoms with Gasteiger partial charge in [-0.3, -0.25) is 9.78 Å². The molecular formula is C21H22N6O2. The fourth-order valence-electron chi connectivity index (χ4n) is 3.10. The van der Waals surface area contributed by atoms with Crippen molar-refractivity contribution in [1.29, 1.82) is 0 Å². The lowest BCUT2D eigenvalue weighted by atomic mass is 10.2. The summed E-state index contributed by atoms with van der Waals surface area (Å²) < 4.78 is 5.42. The largest absolute Gasteiger partial charge is 0.378 e. The Hall–Kier alpha value is -3.52. The Labute approximate surface area is 169 Å². The van der Waals surface area contributed by atoms with Crippen molar-refractivity contribution in [3.63, 3.8) is 0 Å². The Bertz CT molecular complexity index is 960. The van der Waals surface area contributed by atoms with E-state index >= 15 is 0 Å². The lowest BCUT2D eigenvalue weighted by Crippen LogP contribution is -2.36. The average molecular weight is 390 g/mol. The van der Waals surface area contributed by atoms with Crippen LogP contribution in [0.1, 0.15) is 16.1 Å². The molecule has 0 atom stereocenters. The van der Waals surface area contributed by atoms with Crippen molar-refractivity contribution in [2.24, 2.45) is 0 Å². The summed E-state index contributed by atoms with van der Waals surface area (Å²) in [6, 6.07) is 13.2. The third-order valence-electron chi connectivity index (χ3n) is 4.59. The molecule has 1 saturated heterocycles. The van der Waals surface area contributed by atoms with Gasteiger partial charge in [0.1, 0.15) is 5.69 Å². The number of hydrogen-bond acceptors (Lipinski definition) is 7. The number of aromatic nitrogens is 3. The fourth-order valence-corrected chi connectivity index (χ4v) is 3.10. The number of carbonyl (C=O) groups is 1. The lowest BCUT2D eigenvalue weighted by Gasteiger charge is -2.30. The quantitative estimate of drug-likeness (QED) is 0.668. The molecule has 1 aromatic carbocycles. The van der Waals surface area contributed by atoms with Gasteiger partial charge in [0.25, 0.3) is 5.91 Å². The minimum absolute atomic E-state index is 0.278. The first-order valence-electron chi connectivity index (χ1n) is 9.48. The molecule has 1 aliphatic heterocycles. The van der Waals surface area contributed by atoms with Crippen LogP contribution in [0.3, 0.4) is 0 Å². The van der Waals surface area contributed by atoms with Gasteiger partial charge in [-0.05, 0) is 35.9 Å². The van der Waals surface area contributed by atoms with Gasteiger partial charge in [0.2, 0.25) is 5.95 Å². The molecule has 3 heterocycles. The van der Waals surface area contributed by atoms with Gasteiger partial charge in [0, 0.05) is 38.2 Å². The highest BCUT2D eigenvalue weighted by molar-refractivity contribution is 6.04. The van der Waals surface area contributed by atoms with Crippen LogP contribution >= 0.6 is 0 Å². The highest BCUT2D eigenvalue weighted by atomic mass is 16.5. The van der Waals surface area contributed by atoms with Crippen LogP contribution in [0.25, 0.3) is 0 Å². The molecule has 29 heavy (non-hydrogen) atoms. The Morgan fingerprint density at radius 3 is 2.66 bits per heavy atom. The van der Waals surface area contributed by atoms with E-state index in [4.69, 9.17) is 4.74 Å². The zero-order valence-electron chi connectivity index (χ0n) is 15.9. The monoisotopic (exact) mass is 390 g/mol. The number of nitrogens with zero attached hydrogens (tertiary/aromatic N) is 4. The number of nitrogens with one attached hydrogen (secondary N) is 2. The second kappa shape index (κ2) is 9.11. The molecule has 8 nitrogen and oxygen atoms in total. The summed E-state index contributed by atoms with van der Waals surface area (Å²) >= 11 is 0. The topological polar surface area (TPSA) is 92.3 Å². The van der Waals surface area contributed by atoms with Crippen molar-refractivity contribution >= 4 is 23.2 Å². The van der Waals surface area contributed by atoms with Crippen LogP contribution in [0.4, 0.5) is 17.3 Å². The minimum Gasteiger partial charge on any atom is -0.378 e.